The summed E-state index contributed by atoms with van der Waals surface area (Å²) in [4.78, 5) is 1.83. The van der Waals surface area contributed by atoms with E-state index in [1.54, 1.807) is 5.41 Å². The maximum absolute atomic E-state index is 11.8. The second-order valence-electron chi connectivity index (χ2n) is 22.4. The van der Waals surface area contributed by atoms with Crippen molar-refractivity contribution in [1.29, 1.82) is 0 Å². The molecule has 5 aliphatic rings. The van der Waals surface area contributed by atoms with E-state index in [2.05, 4.69) is 164 Å². The van der Waals surface area contributed by atoms with E-state index < -0.39 is 28.6 Å². The summed E-state index contributed by atoms with van der Waals surface area (Å²) in [7, 11) is -5.95. The summed E-state index contributed by atoms with van der Waals surface area (Å²) in [5.41, 5.74) is 8.17. The molecule has 3 unspecified atom stereocenters. The Bertz CT molecular complexity index is 2680. The number of allylic oxidation sites excluding steroid dienone is 2. The molecule has 0 aliphatic carbocycles. The van der Waals surface area contributed by atoms with Crippen LogP contribution in [0, 0.1) is 29.6 Å². The maximum atomic E-state index is 11.8. The highest BCUT2D eigenvalue weighted by Gasteiger charge is 2.20. The third-order valence-electron chi connectivity index (χ3n) is 9.28. The Morgan fingerprint density at radius 2 is 0.933 bits per heavy atom. The van der Waals surface area contributed by atoms with Crippen LogP contribution in [-0.4, -0.2) is 48.4 Å². The topological polar surface area (TPSA) is 81.7 Å². The molecular weight excluding hydrogens is 983 g/mol. The van der Waals surface area contributed by atoms with Gasteiger partial charge >= 0.3 is 0 Å². The Hall–Kier alpha value is -5.22. The molecule has 1 N–H and O–H groups in total. The average molecular weight is 1080 g/mol. The van der Waals surface area contributed by atoms with Crippen LogP contribution in [-0.2, 0) is 53.6 Å². The van der Waals surface area contributed by atoms with E-state index in [1.807, 2.05) is 103 Å². The predicted molar refractivity (Wildman–Crippen MR) is 339 cm³/mol. The van der Waals surface area contributed by atoms with Crippen LogP contribution in [0.2, 0.25) is 0 Å². The molecular formula is C66H97NO5S3. The zero-order valence-electron chi connectivity index (χ0n) is 48.8. The van der Waals surface area contributed by atoms with Crippen molar-refractivity contribution >= 4 is 57.9 Å². The lowest BCUT2D eigenvalue weighted by Gasteiger charge is -2.04. The molecule has 5 aromatic rings. The average Bonchev–Trinajstić information content (AvgIpc) is 4.02. The monoisotopic (exact) mass is 1080 g/mol. The van der Waals surface area contributed by atoms with Crippen molar-refractivity contribution in [2.75, 3.05) is 23.4 Å². The van der Waals surface area contributed by atoms with E-state index in [0.29, 0.717) is 18.1 Å². The third kappa shape index (κ3) is 29.6. The van der Waals surface area contributed by atoms with Gasteiger partial charge in [0.2, 0.25) is 0 Å². The standard InChI is InChI=1S/C10H12O2S.C9H9N.C9H10OS.C9H8OS.C9H8O.5C4H10/c1-13(11)7-6-12-10-5-3-2-4-9(10)8-13;1-7-6-8-4-2-3-5-9(8)10-7;2*1-11(10)7-6-8-4-2-3-5-9(8)11;1-7-6-8-4-2-3-5-9(8)10-7;5*1-4(2)3/h2-5H,1,6-8H2;2-5,10H,1,6H2;2-5H,1,6-7H2;2-7H,1H2;2-5H,1,6H2;5*4H,1-3H3. The summed E-state index contributed by atoms with van der Waals surface area (Å²) in [6.45, 7) is 40.6. The number of ether oxygens (including phenoxy) is 2. The van der Waals surface area contributed by atoms with Gasteiger partial charge in [-0.1, -0.05) is 208 Å². The lowest BCUT2D eigenvalue weighted by molar-refractivity contribution is 0.343. The van der Waals surface area contributed by atoms with Gasteiger partial charge in [-0.05, 0) is 131 Å². The minimum atomic E-state index is -2.09. The van der Waals surface area contributed by atoms with Crippen molar-refractivity contribution in [3.8, 4) is 11.5 Å². The van der Waals surface area contributed by atoms with Gasteiger partial charge < -0.3 is 14.8 Å². The fourth-order valence-electron chi connectivity index (χ4n) is 6.48. The van der Waals surface area contributed by atoms with Gasteiger partial charge in [0.1, 0.15) is 17.3 Å². The van der Waals surface area contributed by atoms with Crippen LogP contribution in [0.1, 0.15) is 132 Å². The van der Waals surface area contributed by atoms with Crippen LogP contribution in [0.15, 0.2) is 161 Å². The van der Waals surface area contributed by atoms with Gasteiger partial charge in [-0.15, -0.1) is 0 Å². The molecule has 0 spiro atoms. The summed E-state index contributed by atoms with van der Waals surface area (Å²) >= 11 is 0. The number of hydrogen-bond acceptors (Lipinski definition) is 6. The van der Waals surface area contributed by atoms with E-state index in [1.165, 1.54) is 22.4 Å². The van der Waals surface area contributed by atoms with Crippen LogP contribution in [0.3, 0.4) is 0 Å². The van der Waals surface area contributed by atoms with Crippen LogP contribution in [0.5, 0.6) is 11.5 Å². The number of benzene rings is 5. The van der Waals surface area contributed by atoms with Gasteiger partial charge in [-0.25, -0.2) is 0 Å². The van der Waals surface area contributed by atoms with Crippen molar-refractivity contribution in [1.82, 2.24) is 0 Å². The van der Waals surface area contributed by atoms with Gasteiger partial charge in [0.25, 0.3) is 0 Å². The highest BCUT2D eigenvalue weighted by Crippen LogP contribution is 2.30. The van der Waals surface area contributed by atoms with Gasteiger partial charge in [0, 0.05) is 66.2 Å². The second-order valence-corrected chi connectivity index (χ2v) is 29.6. The quantitative estimate of drug-likeness (QED) is 0.156. The van der Waals surface area contributed by atoms with Crippen molar-refractivity contribution < 1.29 is 22.1 Å². The molecule has 5 aromatic carbocycles. The number of aryl methyl sites for hydroxylation is 1. The number of hydrogen-bond donors (Lipinski definition) is 1. The molecule has 9 heteroatoms. The summed E-state index contributed by atoms with van der Waals surface area (Å²) in [6, 6.07) is 39.5. The number of para-hydroxylation sites is 3. The molecule has 0 aromatic heterocycles. The molecule has 0 saturated carbocycles. The smallest absolute Gasteiger partial charge is 0.130 e. The molecule has 0 fully saturated rings. The summed E-state index contributed by atoms with van der Waals surface area (Å²) < 4.78 is 45.9. The van der Waals surface area contributed by atoms with E-state index >= 15 is 0 Å². The van der Waals surface area contributed by atoms with Gasteiger partial charge in [-0.2, -0.15) is 0 Å². The van der Waals surface area contributed by atoms with Gasteiger partial charge in [0.05, 0.1) is 12.4 Å². The van der Waals surface area contributed by atoms with E-state index in [-0.39, 0.29) is 0 Å². The molecule has 10 rings (SSSR count). The first kappa shape index (κ1) is 67.8. The summed E-state index contributed by atoms with van der Waals surface area (Å²) in [5, 5.41) is 4.88. The molecule has 0 amide bonds. The highest BCUT2D eigenvalue weighted by molar-refractivity contribution is 8.03. The van der Waals surface area contributed by atoms with Gasteiger partial charge in [0.15, 0.2) is 0 Å². The van der Waals surface area contributed by atoms with E-state index in [9.17, 15) is 12.6 Å². The van der Waals surface area contributed by atoms with Crippen LogP contribution in [0.25, 0.3) is 6.08 Å². The van der Waals surface area contributed by atoms with Crippen molar-refractivity contribution in [3.05, 3.63) is 179 Å². The molecule has 414 valence electrons. The zero-order valence-corrected chi connectivity index (χ0v) is 51.3. The number of anilines is 1. The van der Waals surface area contributed by atoms with Crippen molar-refractivity contribution in [2.24, 2.45) is 29.6 Å². The maximum Gasteiger partial charge on any atom is 0.130 e. The minimum absolute atomic E-state index is 0.513. The first-order valence-electron chi connectivity index (χ1n) is 26.5. The fraction of sp³-hybridized carbons (Fsp3) is 0.409. The molecule has 0 saturated heterocycles. The largest absolute Gasteiger partial charge is 0.492 e. The van der Waals surface area contributed by atoms with Crippen molar-refractivity contribution in [3.63, 3.8) is 0 Å². The Kier molecular flexibility index (Phi) is 31.1. The molecule has 5 aliphatic heterocycles. The van der Waals surface area contributed by atoms with E-state index in [0.717, 1.165) is 98.5 Å². The first-order valence-corrected chi connectivity index (χ1v) is 32.3. The summed E-state index contributed by atoms with van der Waals surface area (Å²) in [5.74, 6) is 19.8. The normalized spacial score (nSPS) is 19.1. The molecule has 5 heterocycles. The predicted octanol–water partition coefficient (Wildman–Crippen LogP) is 17.0. The van der Waals surface area contributed by atoms with Crippen LogP contribution in [0.4, 0.5) is 5.69 Å². The Morgan fingerprint density at radius 1 is 0.493 bits per heavy atom. The minimum Gasteiger partial charge on any atom is -0.492 e. The SMILES string of the molecule is C=C1Cc2ccccc2N1.C=C1Cc2ccccc2O1.C=S1(=O)C=Cc2ccccc21.C=S1(=O)CCOc2ccccc2C1.C=S1(=O)CCc2ccccc21.CC(C)C.CC(C)C.CC(C)C.CC(C)C.CC(C)C. The zero-order chi connectivity index (χ0) is 56.9. The number of fused-ring (bicyclic) bond motifs is 5. The number of nitrogens with one attached hydrogen (secondary N) is 1. The number of rotatable bonds is 0. The fourth-order valence-corrected chi connectivity index (χ4v) is 10.9. The molecule has 3 atom stereocenters. The summed E-state index contributed by atoms with van der Waals surface area (Å²) in [6.07, 6.45) is 4.65. The molecule has 75 heavy (non-hydrogen) atoms. The molecule has 0 radical (unpaired) electrons. The van der Waals surface area contributed by atoms with E-state index in [4.69, 9.17) is 9.47 Å². The first-order chi connectivity index (χ1) is 35.0. The van der Waals surface area contributed by atoms with Gasteiger partial charge in [-0.3, -0.25) is 12.6 Å². The molecule has 0 bridgehead atoms. The Balaban J connectivity index is 0.000000431. The lowest BCUT2D eigenvalue weighted by Crippen LogP contribution is -2.10. The second kappa shape index (κ2) is 34.4. The Labute approximate surface area is 459 Å². The third-order valence-corrected chi connectivity index (χ3v) is 14.8. The van der Waals surface area contributed by atoms with Crippen molar-refractivity contribution in [2.45, 2.75) is 139 Å². The lowest BCUT2D eigenvalue weighted by atomic mass is 10.2. The highest BCUT2D eigenvalue weighted by atomic mass is 32.2. The van der Waals surface area contributed by atoms with Crippen LogP contribution < -0.4 is 14.8 Å². The Morgan fingerprint density at radius 3 is 1.44 bits per heavy atom. The van der Waals surface area contributed by atoms with Crippen LogP contribution >= 0.6 is 0 Å². The molecule has 6 nitrogen and oxygen atoms in total.